The molecule has 6 heteroatoms. The van der Waals surface area contributed by atoms with Gasteiger partial charge in [0.1, 0.15) is 0 Å². The molecule has 2 aromatic rings. The van der Waals surface area contributed by atoms with Gasteiger partial charge in [-0.15, -0.1) is 0 Å². The first-order valence-corrected chi connectivity index (χ1v) is 8.71. The molecular weight excluding hydrogens is 336 g/mol. The minimum absolute atomic E-state index is 0.184. The fourth-order valence-electron chi connectivity index (χ4n) is 2.08. The molecule has 4 nitrogen and oxygen atoms in total. The highest BCUT2D eigenvalue weighted by Crippen LogP contribution is 2.06. The Bertz CT molecular complexity index is 647. The molecule has 4 N–H and O–H groups in total. The maximum atomic E-state index is 5.36. The molecule has 0 aliphatic rings. The van der Waals surface area contributed by atoms with Crippen LogP contribution in [0.2, 0.25) is 0 Å². The molecule has 0 fully saturated rings. The van der Waals surface area contributed by atoms with E-state index in [2.05, 4.69) is 28.2 Å². The lowest BCUT2D eigenvalue weighted by atomic mass is 10.2. The summed E-state index contributed by atoms with van der Waals surface area (Å²) in [5, 5.41) is 14.1. The molecule has 24 heavy (non-hydrogen) atoms. The van der Waals surface area contributed by atoms with E-state index >= 15 is 0 Å². The molecule has 0 amide bonds. The summed E-state index contributed by atoms with van der Waals surface area (Å²) in [4.78, 5) is 0. The van der Waals surface area contributed by atoms with Crippen LogP contribution in [0.25, 0.3) is 0 Å². The van der Waals surface area contributed by atoms with Crippen molar-refractivity contribution >= 4 is 46.0 Å². The third kappa shape index (κ3) is 6.52. The van der Waals surface area contributed by atoms with Gasteiger partial charge in [0.15, 0.2) is 10.2 Å². The van der Waals surface area contributed by atoms with Crippen molar-refractivity contribution in [3.8, 4) is 0 Å². The quantitative estimate of drug-likeness (QED) is 0.590. The summed E-state index contributed by atoms with van der Waals surface area (Å²) in [5.41, 5.74) is 1.94. The van der Waals surface area contributed by atoms with Crippen molar-refractivity contribution in [3.63, 3.8) is 0 Å². The number of nitrogens with one attached hydrogen (secondary N) is 4. The van der Waals surface area contributed by atoms with Gasteiger partial charge in [0.25, 0.3) is 0 Å². The second-order valence-electron chi connectivity index (χ2n) is 5.27. The van der Waals surface area contributed by atoms with E-state index in [1.54, 1.807) is 0 Å². The van der Waals surface area contributed by atoms with Gasteiger partial charge >= 0.3 is 0 Å². The first-order valence-electron chi connectivity index (χ1n) is 7.90. The zero-order valence-corrected chi connectivity index (χ0v) is 15.2. The Kier molecular flexibility index (Phi) is 7.45. The third-order valence-electron chi connectivity index (χ3n) is 3.40. The molecule has 0 aromatic heterocycles. The van der Waals surface area contributed by atoms with Gasteiger partial charge in [-0.3, -0.25) is 0 Å². The Morgan fingerprint density at radius 2 is 1.33 bits per heavy atom. The Hall–Kier alpha value is -2.18. The summed E-state index contributed by atoms with van der Waals surface area (Å²) < 4.78 is 0. The third-order valence-corrected chi connectivity index (χ3v) is 3.87. The molecule has 0 heterocycles. The van der Waals surface area contributed by atoms with Gasteiger partial charge < -0.3 is 21.3 Å². The smallest absolute Gasteiger partial charge is 0.171 e. The molecule has 0 bridgehead atoms. The van der Waals surface area contributed by atoms with Crippen LogP contribution in [0.15, 0.2) is 60.7 Å². The van der Waals surface area contributed by atoms with Crippen LogP contribution >= 0.6 is 24.4 Å². The zero-order valence-electron chi connectivity index (χ0n) is 13.6. The lowest BCUT2D eigenvalue weighted by Crippen LogP contribution is -2.45. The minimum atomic E-state index is 0.184. The van der Waals surface area contributed by atoms with E-state index < -0.39 is 0 Å². The lowest BCUT2D eigenvalue weighted by molar-refractivity contribution is 0.577. The lowest BCUT2D eigenvalue weighted by Gasteiger charge is -2.21. The molecule has 0 saturated heterocycles. The first kappa shape index (κ1) is 18.2. The average molecular weight is 359 g/mol. The van der Waals surface area contributed by atoms with Gasteiger partial charge in [-0.25, -0.2) is 0 Å². The summed E-state index contributed by atoms with van der Waals surface area (Å²) in [7, 11) is 0. The number of anilines is 2. The van der Waals surface area contributed by atoms with Crippen molar-refractivity contribution in [3.05, 3.63) is 60.7 Å². The largest absolute Gasteiger partial charge is 0.360 e. The van der Waals surface area contributed by atoms with Crippen LogP contribution < -0.4 is 21.3 Å². The molecule has 0 aliphatic heterocycles. The van der Waals surface area contributed by atoms with Gasteiger partial charge in [0.2, 0.25) is 0 Å². The highest BCUT2D eigenvalue weighted by Gasteiger charge is 2.08. The van der Waals surface area contributed by atoms with Crippen LogP contribution in [0.4, 0.5) is 11.4 Å². The summed E-state index contributed by atoms with van der Waals surface area (Å²) in [6.07, 6.45) is 0.928. The minimum Gasteiger partial charge on any atom is -0.360 e. The summed E-state index contributed by atoms with van der Waals surface area (Å²) in [6, 6.07) is 19.9. The van der Waals surface area contributed by atoms with E-state index in [0.29, 0.717) is 16.8 Å². The average Bonchev–Trinajstić information content (AvgIpc) is 2.60. The van der Waals surface area contributed by atoms with Crippen LogP contribution in [-0.2, 0) is 0 Å². The molecule has 1 atom stereocenters. The number of rotatable bonds is 6. The molecule has 0 spiro atoms. The number of thiocarbonyl (C=S) groups is 2. The van der Waals surface area contributed by atoms with E-state index in [0.717, 1.165) is 17.8 Å². The van der Waals surface area contributed by atoms with Crippen LogP contribution in [0.5, 0.6) is 0 Å². The number of benzene rings is 2. The normalized spacial score (nSPS) is 11.2. The number of hydrogen-bond donors (Lipinski definition) is 4. The van der Waals surface area contributed by atoms with Crippen LogP contribution in [0.3, 0.4) is 0 Å². The van der Waals surface area contributed by atoms with E-state index in [4.69, 9.17) is 24.4 Å². The van der Waals surface area contributed by atoms with Gasteiger partial charge in [-0.2, -0.15) is 0 Å². The van der Waals surface area contributed by atoms with Gasteiger partial charge in [0, 0.05) is 24.0 Å². The Morgan fingerprint density at radius 3 is 1.83 bits per heavy atom. The number of hydrogen-bond acceptors (Lipinski definition) is 2. The monoisotopic (exact) mass is 358 g/mol. The van der Waals surface area contributed by atoms with Crippen LogP contribution in [-0.4, -0.2) is 22.8 Å². The Morgan fingerprint density at radius 1 is 0.833 bits per heavy atom. The second-order valence-corrected chi connectivity index (χ2v) is 6.09. The predicted octanol–water partition coefficient (Wildman–Crippen LogP) is 3.74. The predicted molar refractivity (Wildman–Crippen MR) is 111 cm³/mol. The standard InChI is InChI=1S/C18H22N4S2/c1-2-14(20-18(24)22-16-11-7-4-8-12-16)13-19-17(23)21-15-9-5-3-6-10-15/h3-12,14H,2,13H2,1H3,(H2,19,21,23)(H2,20,22,24)/t14-/m0/s1. The van der Waals surface area contributed by atoms with Crippen molar-refractivity contribution in [2.75, 3.05) is 17.2 Å². The molecule has 0 radical (unpaired) electrons. The molecule has 2 rings (SSSR count). The zero-order chi connectivity index (χ0) is 17.2. The Balaban J connectivity index is 1.75. The van der Waals surface area contributed by atoms with Crippen molar-refractivity contribution < 1.29 is 0 Å². The second kappa shape index (κ2) is 9.85. The highest BCUT2D eigenvalue weighted by atomic mass is 32.1. The topological polar surface area (TPSA) is 48.1 Å². The molecule has 0 aliphatic carbocycles. The van der Waals surface area contributed by atoms with Crippen LogP contribution in [0.1, 0.15) is 13.3 Å². The fourth-order valence-corrected chi connectivity index (χ4v) is 2.57. The van der Waals surface area contributed by atoms with Crippen LogP contribution in [0, 0.1) is 0 Å². The maximum Gasteiger partial charge on any atom is 0.171 e. The summed E-state index contributed by atoms with van der Waals surface area (Å²) >= 11 is 10.7. The maximum absolute atomic E-state index is 5.36. The van der Waals surface area contributed by atoms with E-state index in [-0.39, 0.29) is 6.04 Å². The molecular formula is C18H22N4S2. The van der Waals surface area contributed by atoms with Gasteiger partial charge in [0.05, 0.1) is 0 Å². The summed E-state index contributed by atoms with van der Waals surface area (Å²) in [6.45, 7) is 2.80. The molecule has 0 saturated carbocycles. The van der Waals surface area contributed by atoms with Gasteiger partial charge in [-0.1, -0.05) is 43.3 Å². The van der Waals surface area contributed by atoms with E-state index in [1.165, 1.54) is 0 Å². The fraction of sp³-hybridized carbons (Fsp3) is 0.222. The van der Waals surface area contributed by atoms with Gasteiger partial charge in [-0.05, 0) is 55.1 Å². The molecule has 126 valence electrons. The molecule has 0 unspecified atom stereocenters. The van der Waals surface area contributed by atoms with Crippen molar-refractivity contribution in [1.82, 2.24) is 10.6 Å². The van der Waals surface area contributed by atoms with E-state index in [9.17, 15) is 0 Å². The highest BCUT2D eigenvalue weighted by molar-refractivity contribution is 7.80. The SMILES string of the molecule is CC[C@@H](CNC(=S)Nc1ccccc1)NC(=S)Nc1ccccc1. The number of para-hydroxylation sites is 2. The van der Waals surface area contributed by atoms with E-state index in [1.807, 2.05) is 60.7 Å². The molecule has 2 aromatic carbocycles. The van der Waals surface area contributed by atoms with Crippen molar-refractivity contribution in [1.29, 1.82) is 0 Å². The Labute approximate surface area is 154 Å². The van der Waals surface area contributed by atoms with Crippen molar-refractivity contribution in [2.45, 2.75) is 19.4 Å². The van der Waals surface area contributed by atoms with Crippen molar-refractivity contribution in [2.24, 2.45) is 0 Å². The first-order chi connectivity index (χ1) is 11.7. The summed E-state index contributed by atoms with van der Waals surface area (Å²) in [5.74, 6) is 0.